The molecule has 1 saturated carbocycles. The van der Waals surface area contributed by atoms with E-state index in [1.807, 2.05) is 60.7 Å². The van der Waals surface area contributed by atoms with Gasteiger partial charge in [0, 0.05) is 17.2 Å². The first kappa shape index (κ1) is 20.5. The Morgan fingerprint density at radius 2 is 1.57 bits per heavy atom. The van der Waals surface area contributed by atoms with Crippen LogP contribution in [-0.2, 0) is 4.79 Å². The Kier molecular flexibility index (Phi) is 6.74. The normalized spacial score (nSPS) is 18.7. The molecule has 1 aliphatic rings. The van der Waals surface area contributed by atoms with E-state index in [0.29, 0.717) is 16.8 Å². The average molecular weight is 419 g/mol. The Labute approximate surface area is 181 Å². The van der Waals surface area contributed by atoms with Crippen molar-refractivity contribution in [1.29, 1.82) is 0 Å². The monoisotopic (exact) mass is 418 g/mol. The summed E-state index contributed by atoms with van der Waals surface area (Å²) in [5.74, 6) is 0.875. The lowest BCUT2D eigenvalue weighted by molar-refractivity contribution is -0.119. The van der Waals surface area contributed by atoms with Gasteiger partial charge >= 0.3 is 0 Å². The van der Waals surface area contributed by atoms with E-state index in [4.69, 9.17) is 4.98 Å². The largest absolute Gasteiger partial charge is 0.352 e. The molecule has 2 atom stereocenters. The molecule has 0 bridgehead atoms. The smallest absolute Gasteiger partial charge is 0.230 e. The summed E-state index contributed by atoms with van der Waals surface area (Å²) in [5.41, 5.74) is 3.47. The Hall–Kier alpha value is -2.73. The van der Waals surface area contributed by atoms with Gasteiger partial charge < -0.3 is 5.32 Å². The molecular formula is C24H26N4OS. The summed E-state index contributed by atoms with van der Waals surface area (Å²) in [6.45, 7) is 2.22. The quantitative estimate of drug-likeness (QED) is 0.571. The van der Waals surface area contributed by atoms with Crippen molar-refractivity contribution < 1.29 is 4.79 Å². The lowest BCUT2D eigenvalue weighted by Gasteiger charge is -2.29. The molecule has 1 N–H and O–H groups in total. The van der Waals surface area contributed by atoms with Crippen LogP contribution in [0.15, 0.2) is 65.8 Å². The van der Waals surface area contributed by atoms with Crippen LogP contribution in [0.25, 0.3) is 22.5 Å². The van der Waals surface area contributed by atoms with E-state index in [1.54, 1.807) is 0 Å². The highest BCUT2D eigenvalue weighted by molar-refractivity contribution is 7.99. The van der Waals surface area contributed by atoms with Gasteiger partial charge in [-0.3, -0.25) is 4.79 Å². The Morgan fingerprint density at radius 1 is 0.933 bits per heavy atom. The van der Waals surface area contributed by atoms with Crippen LogP contribution in [0.1, 0.15) is 32.6 Å². The van der Waals surface area contributed by atoms with Gasteiger partial charge in [-0.1, -0.05) is 92.2 Å². The van der Waals surface area contributed by atoms with E-state index in [9.17, 15) is 4.79 Å². The number of aromatic nitrogens is 3. The molecule has 0 unspecified atom stereocenters. The third-order valence-electron chi connectivity index (χ3n) is 5.55. The summed E-state index contributed by atoms with van der Waals surface area (Å²) < 4.78 is 0. The Balaban J connectivity index is 1.51. The van der Waals surface area contributed by atoms with Gasteiger partial charge in [0.2, 0.25) is 11.1 Å². The summed E-state index contributed by atoms with van der Waals surface area (Å²) in [6.07, 6.45) is 4.71. The summed E-state index contributed by atoms with van der Waals surface area (Å²) in [4.78, 5) is 17.2. The van der Waals surface area contributed by atoms with Gasteiger partial charge in [-0.05, 0) is 18.8 Å². The van der Waals surface area contributed by atoms with Gasteiger partial charge in [-0.15, -0.1) is 10.2 Å². The summed E-state index contributed by atoms with van der Waals surface area (Å²) in [6, 6.07) is 20.2. The molecule has 30 heavy (non-hydrogen) atoms. The van der Waals surface area contributed by atoms with E-state index in [0.717, 1.165) is 28.9 Å². The second kappa shape index (κ2) is 9.85. The average Bonchev–Trinajstić information content (AvgIpc) is 2.80. The number of amides is 1. The molecule has 6 heteroatoms. The molecule has 0 aliphatic heterocycles. The fourth-order valence-corrected chi connectivity index (χ4v) is 4.47. The van der Waals surface area contributed by atoms with E-state index < -0.39 is 0 Å². The van der Waals surface area contributed by atoms with Crippen LogP contribution in [0.5, 0.6) is 0 Å². The zero-order valence-corrected chi connectivity index (χ0v) is 17.9. The highest BCUT2D eigenvalue weighted by atomic mass is 32.2. The van der Waals surface area contributed by atoms with Crippen LogP contribution >= 0.6 is 11.8 Å². The maximum absolute atomic E-state index is 12.5. The van der Waals surface area contributed by atoms with Crippen LogP contribution in [0, 0.1) is 5.92 Å². The summed E-state index contributed by atoms with van der Waals surface area (Å²) in [5, 5.41) is 12.5. The second-order valence-corrected chi connectivity index (χ2v) is 8.69. The lowest BCUT2D eigenvalue weighted by atomic mass is 9.86. The number of hydrogen-bond acceptors (Lipinski definition) is 5. The van der Waals surface area contributed by atoms with E-state index >= 15 is 0 Å². The number of thioether (sulfide) groups is 1. The first-order valence-electron chi connectivity index (χ1n) is 10.5. The zero-order chi connectivity index (χ0) is 20.8. The van der Waals surface area contributed by atoms with Crippen molar-refractivity contribution in [2.24, 2.45) is 5.92 Å². The van der Waals surface area contributed by atoms with Gasteiger partial charge in [0.05, 0.1) is 5.75 Å². The minimum atomic E-state index is 0.0377. The zero-order valence-electron chi connectivity index (χ0n) is 17.1. The third-order valence-corrected chi connectivity index (χ3v) is 6.39. The number of rotatable bonds is 6. The molecule has 1 fully saturated rings. The molecule has 1 heterocycles. The SMILES string of the molecule is C[C@H]1CCCC[C@H]1NC(=O)CSc1nnc(-c2ccccc2)c(-c2ccccc2)n1. The molecule has 0 radical (unpaired) electrons. The summed E-state index contributed by atoms with van der Waals surface area (Å²) >= 11 is 1.33. The molecule has 5 nitrogen and oxygen atoms in total. The van der Waals surface area contributed by atoms with Crippen LogP contribution in [0.3, 0.4) is 0 Å². The predicted octanol–water partition coefficient (Wildman–Crippen LogP) is 4.99. The maximum atomic E-state index is 12.5. The minimum Gasteiger partial charge on any atom is -0.352 e. The van der Waals surface area contributed by atoms with Crippen LogP contribution in [-0.4, -0.2) is 32.9 Å². The first-order chi connectivity index (χ1) is 14.7. The van der Waals surface area contributed by atoms with Crippen molar-refractivity contribution in [3.8, 4) is 22.5 Å². The number of carbonyl (C=O) groups excluding carboxylic acids is 1. The predicted molar refractivity (Wildman–Crippen MR) is 121 cm³/mol. The molecular weight excluding hydrogens is 392 g/mol. The second-order valence-electron chi connectivity index (χ2n) is 7.75. The number of benzene rings is 2. The molecule has 4 rings (SSSR count). The Bertz CT molecular complexity index is 981. The van der Waals surface area contributed by atoms with Gasteiger partial charge in [0.15, 0.2) is 0 Å². The lowest BCUT2D eigenvalue weighted by Crippen LogP contribution is -2.41. The van der Waals surface area contributed by atoms with Crippen molar-refractivity contribution in [3.63, 3.8) is 0 Å². The third kappa shape index (κ3) is 5.05. The molecule has 0 saturated heterocycles. The Morgan fingerprint density at radius 3 is 2.23 bits per heavy atom. The van der Waals surface area contributed by atoms with E-state index in [-0.39, 0.29) is 11.9 Å². The van der Waals surface area contributed by atoms with Crippen LogP contribution in [0.2, 0.25) is 0 Å². The maximum Gasteiger partial charge on any atom is 0.230 e. The van der Waals surface area contributed by atoms with E-state index in [2.05, 4.69) is 22.4 Å². The molecule has 1 aromatic heterocycles. The molecule has 154 valence electrons. The number of hydrogen-bond donors (Lipinski definition) is 1. The standard InChI is InChI=1S/C24H26N4OS/c1-17-10-8-9-15-20(17)25-21(29)16-30-24-26-22(18-11-4-2-5-12-18)23(27-28-24)19-13-6-3-7-14-19/h2-7,11-14,17,20H,8-10,15-16H2,1H3,(H,25,29)/t17-,20+/m0/s1. The molecule has 1 amide bonds. The summed E-state index contributed by atoms with van der Waals surface area (Å²) in [7, 11) is 0. The van der Waals surface area contributed by atoms with Crippen molar-refractivity contribution in [3.05, 3.63) is 60.7 Å². The molecule has 2 aromatic carbocycles. The van der Waals surface area contributed by atoms with Crippen molar-refractivity contribution >= 4 is 17.7 Å². The van der Waals surface area contributed by atoms with Gasteiger partial charge in [0.25, 0.3) is 0 Å². The minimum absolute atomic E-state index is 0.0377. The highest BCUT2D eigenvalue weighted by Crippen LogP contribution is 2.29. The van der Waals surface area contributed by atoms with Crippen LogP contribution < -0.4 is 5.32 Å². The van der Waals surface area contributed by atoms with Gasteiger partial charge in [-0.25, -0.2) is 4.98 Å². The fraction of sp³-hybridized carbons (Fsp3) is 0.333. The van der Waals surface area contributed by atoms with Gasteiger partial charge in [-0.2, -0.15) is 0 Å². The first-order valence-corrected chi connectivity index (χ1v) is 11.5. The molecule has 3 aromatic rings. The number of nitrogens with one attached hydrogen (secondary N) is 1. The highest BCUT2D eigenvalue weighted by Gasteiger charge is 2.23. The van der Waals surface area contributed by atoms with Crippen LogP contribution in [0.4, 0.5) is 0 Å². The molecule has 0 spiro atoms. The van der Waals surface area contributed by atoms with Gasteiger partial charge in [0.1, 0.15) is 11.4 Å². The number of nitrogens with zero attached hydrogens (tertiary/aromatic N) is 3. The van der Waals surface area contributed by atoms with Crippen molar-refractivity contribution in [2.75, 3.05) is 5.75 Å². The fourth-order valence-electron chi connectivity index (χ4n) is 3.87. The van der Waals surface area contributed by atoms with Crippen molar-refractivity contribution in [2.45, 2.75) is 43.8 Å². The number of carbonyl (C=O) groups is 1. The van der Waals surface area contributed by atoms with E-state index in [1.165, 1.54) is 31.0 Å². The van der Waals surface area contributed by atoms with Crippen molar-refractivity contribution in [1.82, 2.24) is 20.5 Å². The topological polar surface area (TPSA) is 67.8 Å². The molecule has 1 aliphatic carbocycles.